The van der Waals surface area contributed by atoms with Gasteiger partial charge in [-0.15, -0.1) is 11.8 Å². The van der Waals surface area contributed by atoms with Gasteiger partial charge in [0.25, 0.3) is 11.8 Å². The molecule has 3 amide bonds. The van der Waals surface area contributed by atoms with E-state index in [1.165, 1.54) is 22.7 Å². The number of aliphatic hydroxyl groups is 1. The predicted octanol–water partition coefficient (Wildman–Crippen LogP) is 3.96. The Labute approximate surface area is 245 Å². The minimum atomic E-state index is -1.62. The molecule has 0 radical (unpaired) electrons. The first-order chi connectivity index (χ1) is 19.5. The van der Waals surface area contributed by atoms with Gasteiger partial charge in [0.2, 0.25) is 5.91 Å². The summed E-state index contributed by atoms with van der Waals surface area (Å²) in [6.07, 6.45) is -1.43. The van der Waals surface area contributed by atoms with Crippen molar-refractivity contribution in [2.75, 3.05) is 5.88 Å². The first kappa shape index (κ1) is 30.1. The number of thioether (sulfide) groups is 1. The number of hydrogen-bond donors (Lipinski definition) is 4. The SMILES string of the molecule is Cc1c(O)cccc1C(=O)N[C@@H](Cc1ccccc1)[C@H](O)C(=O)N1CSC(C)(C)[C@H]1C(=O)N[C@@H](C)c1ccccc1. The van der Waals surface area contributed by atoms with Crippen molar-refractivity contribution in [3.8, 4) is 5.75 Å². The molecule has 3 aromatic carbocycles. The normalized spacial score (nSPS) is 18.3. The zero-order chi connectivity index (χ0) is 29.7. The lowest BCUT2D eigenvalue weighted by molar-refractivity contribution is -0.147. The second kappa shape index (κ2) is 12.8. The molecule has 1 aliphatic rings. The van der Waals surface area contributed by atoms with Crippen molar-refractivity contribution in [1.29, 1.82) is 0 Å². The van der Waals surface area contributed by atoms with Gasteiger partial charge in [-0.1, -0.05) is 66.7 Å². The number of aromatic hydroxyl groups is 1. The lowest BCUT2D eigenvalue weighted by atomic mass is 9.96. The molecule has 0 aliphatic carbocycles. The summed E-state index contributed by atoms with van der Waals surface area (Å²) < 4.78 is -0.604. The molecule has 216 valence electrons. The van der Waals surface area contributed by atoms with Gasteiger partial charge in [-0.2, -0.15) is 0 Å². The smallest absolute Gasteiger partial charge is 0.254 e. The van der Waals surface area contributed by atoms with Crippen LogP contribution in [0.25, 0.3) is 0 Å². The molecule has 0 spiro atoms. The van der Waals surface area contributed by atoms with Crippen LogP contribution in [-0.4, -0.2) is 61.6 Å². The van der Waals surface area contributed by atoms with E-state index in [1.807, 2.05) is 81.4 Å². The average Bonchev–Trinajstić information content (AvgIpc) is 3.29. The molecule has 0 bridgehead atoms. The van der Waals surface area contributed by atoms with Crippen LogP contribution < -0.4 is 10.6 Å². The third kappa shape index (κ3) is 6.92. The summed E-state index contributed by atoms with van der Waals surface area (Å²) in [6, 6.07) is 21.4. The topological polar surface area (TPSA) is 119 Å². The fourth-order valence-electron chi connectivity index (χ4n) is 5.10. The first-order valence-electron chi connectivity index (χ1n) is 13.6. The number of rotatable bonds is 9. The summed E-state index contributed by atoms with van der Waals surface area (Å²) in [5.74, 6) is -1.27. The molecule has 8 nitrogen and oxygen atoms in total. The maximum absolute atomic E-state index is 13.9. The third-order valence-corrected chi connectivity index (χ3v) is 8.91. The van der Waals surface area contributed by atoms with E-state index < -0.39 is 34.7 Å². The number of benzene rings is 3. The third-order valence-electron chi connectivity index (χ3n) is 7.53. The fourth-order valence-corrected chi connectivity index (χ4v) is 6.24. The number of nitrogens with one attached hydrogen (secondary N) is 2. The number of phenols is 1. The van der Waals surface area contributed by atoms with Crippen LogP contribution in [0.5, 0.6) is 5.75 Å². The maximum atomic E-state index is 13.9. The van der Waals surface area contributed by atoms with Gasteiger partial charge in [0.1, 0.15) is 11.8 Å². The van der Waals surface area contributed by atoms with Crippen molar-refractivity contribution in [3.05, 3.63) is 101 Å². The summed E-state index contributed by atoms with van der Waals surface area (Å²) in [4.78, 5) is 42.1. The van der Waals surface area contributed by atoms with Gasteiger partial charge < -0.3 is 25.7 Å². The number of hydrogen-bond acceptors (Lipinski definition) is 6. The average molecular weight is 576 g/mol. The Kier molecular flexibility index (Phi) is 9.40. The zero-order valence-electron chi connectivity index (χ0n) is 23.7. The molecule has 1 saturated heterocycles. The molecule has 4 N–H and O–H groups in total. The molecular weight excluding hydrogens is 538 g/mol. The largest absolute Gasteiger partial charge is 0.508 e. The molecule has 41 heavy (non-hydrogen) atoms. The number of nitrogens with zero attached hydrogens (tertiary/aromatic N) is 1. The highest BCUT2D eigenvalue weighted by Crippen LogP contribution is 2.40. The van der Waals surface area contributed by atoms with Crippen LogP contribution in [0.4, 0.5) is 0 Å². The predicted molar refractivity (Wildman–Crippen MR) is 160 cm³/mol. The maximum Gasteiger partial charge on any atom is 0.254 e. The van der Waals surface area contributed by atoms with E-state index in [9.17, 15) is 24.6 Å². The summed E-state index contributed by atoms with van der Waals surface area (Å²) in [7, 11) is 0. The van der Waals surface area contributed by atoms with E-state index in [0.29, 0.717) is 5.56 Å². The van der Waals surface area contributed by atoms with Crippen LogP contribution >= 0.6 is 11.8 Å². The second-order valence-corrected chi connectivity index (χ2v) is 12.5. The molecule has 1 aliphatic heterocycles. The van der Waals surface area contributed by atoms with E-state index in [0.717, 1.165) is 11.1 Å². The Bertz CT molecular complexity index is 1380. The summed E-state index contributed by atoms with van der Waals surface area (Å²) in [5, 5.41) is 27.4. The van der Waals surface area contributed by atoms with Crippen LogP contribution in [0.3, 0.4) is 0 Å². The minimum absolute atomic E-state index is 0.0243. The van der Waals surface area contributed by atoms with E-state index in [2.05, 4.69) is 10.6 Å². The van der Waals surface area contributed by atoms with Crippen LogP contribution in [-0.2, 0) is 16.0 Å². The molecule has 1 heterocycles. The molecule has 0 aromatic heterocycles. The molecule has 4 atom stereocenters. The Morgan fingerprint density at radius 3 is 2.27 bits per heavy atom. The number of phenolic OH excluding ortho intramolecular Hbond substituents is 1. The number of carbonyl (C=O) groups is 3. The van der Waals surface area contributed by atoms with Gasteiger partial charge in [0, 0.05) is 15.9 Å². The minimum Gasteiger partial charge on any atom is -0.508 e. The van der Waals surface area contributed by atoms with Crippen LogP contribution in [0.1, 0.15) is 53.9 Å². The van der Waals surface area contributed by atoms with Crippen molar-refractivity contribution < 1.29 is 24.6 Å². The fraction of sp³-hybridized carbons (Fsp3) is 0.344. The highest BCUT2D eigenvalue weighted by Gasteiger charge is 2.50. The molecule has 1 fully saturated rings. The van der Waals surface area contributed by atoms with Gasteiger partial charge in [-0.25, -0.2) is 0 Å². The van der Waals surface area contributed by atoms with Gasteiger partial charge in [-0.05, 0) is 57.4 Å². The Hall–Kier alpha value is -3.82. The van der Waals surface area contributed by atoms with E-state index in [4.69, 9.17) is 0 Å². The van der Waals surface area contributed by atoms with Crippen molar-refractivity contribution in [1.82, 2.24) is 15.5 Å². The lowest BCUT2D eigenvalue weighted by Crippen LogP contribution is -2.59. The van der Waals surface area contributed by atoms with Crippen LogP contribution in [0, 0.1) is 6.92 Å². The van der Waals surface area contributed by atoms with Crippen LogP contribution in [0.2, 0.25) is 0 Å². The Balaban J connectivity index is 1.57. The zero-order valence-corrected chi connectivity index (χ0v) is 24.5. The van der Waals surface area contributed by atoms with Gasteiger partial charge in [0.15, 0.2) is 6.10 Å². The second-order valence-electron chi connectivity index (χ2n) is 10.9. The standard InChI is InChI=1S/C32H37N3O5S/c1-20-24(16-11-17-26(20)36)29(38)34-25(18-22-12-7-5-8-13-22)27(37)31(40)35-19-41-32(3,4)28(35)30(39)33-21(2)23-14-9-6-10-15-23/h5-17,21,25,27-28,36-37H,18-19H2,1-4H3,(H,33,39)(H,34,38)/t21-,25-,27-,28+/m0/s1. The Morgan fingerprint density at radius 1 is 0.976 bits per heavy atom. The molecule has 0 unspecified atom stereocenters. The van der Waals surface area contributed by atoms with Crippen molar-refractivity contribution in [2.45, 2.75) is 63.1 Å². The molecule has 4 rings (SSSR count). The van der Waals surface area contributed by atoms with Gasteiger partial charge in [-0.3, -0.25) is 14.4 Å². The summed E-state index contributed by atoms with van der Waals surface area (Å²) >= 11 is 1.46. The molecular formula is C32H37N3O5S. The quantitative estimate of drug-likeness (QED) is 0.307. The highest BCUT2D eigenvalue weighted by atomic mass is 32.2. The lowest BCUT2D eigenvalue weighted by Gasteiger charge is -2.34. The van der Waals surface area contributed by atoms with Crippen molar-refractivity contribution in [2.24, 2.45) is 0 Å². The molecule has 0 saturated carbocycles. The van der Waals surface area contributed by atoms with Gasteiger partial charge in [0.05, 0.1) is 18.0 Å². The number of aliphatic hydroxyl groups excluding tert-OH is 1. The van der Waals surface area contributed by atoms with Crippen LogP contribution in [0.15, 0.2) is 78.9 Å². The van der Waals surface area contributed by atoms with E-state index in [-0.39, 0.29) is 35.6 Å². The highest BCUT2D eigenvalue weighted by molar-refractivity contribution is 8.00. The van der Waals surface area contributed by atoms with Crippen molar-refractivity contribution >= 4 is 29.5 Å². The van der Waals surface area contributed by atoms with E-state index >= 15 is 0 Å². The first-order valence-corrected chi connectivity index (χ1v) is 14.6. The van der Waals surface area contributed by atoms with Gasteiger partial charge >= 0.3 is 0 Å². The Morgan fingerprint density at radius 2 is 1.61 bits per heavy atom. The molecule has 9 heteroatoms. The number of amides is 3. The van der Waals surface area contributed by atoms with Crippen molar-refractivity contribution in [3.63, 3.8) is 0 Å². The summed E-state index contributed by atoms with van der Waals surface area (Å²) in [6.45, 7) is 7.32. The van der Waals surface area contributed by atoms with E-state index in [1.54, 1.807) is 19.1 Å². The number of carbonyl (C=O) groups excluding carboxylic acids is 3. The monoisotopic (exact) mass is 575 g/mol. The summed E-state index contributed by atoms with van der Waals surface area (Å²) in [5.41, 5.74) is 2.40. The molecule has 3 aromatic rings.